The Kier molecular flexibility index (Phi) is 7.20. The van der Waals surface area contributed by atoms with Crippen molar-refractivity contribution in [3.8, 4) is 0 Å². The molecule has 1 aliphatic heterocycles. The largest absolute Gasteiger partial charge is 0.381 e. The Morgan fingerprint density at radius 1 is 1.22 bits per heavy atom. The number of ether oxygens (including phenoxy) is 2. The highest BCUT2D eigenvalue weighted by Gasteiger charge is 2.42. The quantitative estimate of drug-likeness (QED) is 0.725. The molecule has 1 rings (SSSR count). The van der Waals surface area contributed by atoms with Gasteiger partial charge < -0.3 is 14.8 Å². The Labute approximate surface area is 113 Å². The minimum Gasteiger partial charge on any atom is -0.381 e. The fraction of sp³-hybridized carbons (Fsp3) is 1.00. The maximum atomic E-state index is 5.96. The van der Waals surface area contributed by atoms with Gasteiger partial charge >= 0.3 is 0 Å². The molecular weight excluding hydrogens is 226 g/mol. The molecule has 0 radical (unpaired) electrons. The number of hydrogen-bond donors (Lipinski definition) is 1. The van der Waals surface area contributed by atoms with E-state index < -0.39 is 0 Å². The highest BCUT2D eigenvalue weighted by atomic mass is 16.5. The van der Waals surface area contributed by atoms with Crippen molar-refractivity contribution < 1.29 is 9.47 Å². The number of nitrogens with one attached hydrogen (secondary N) is 1. The number of hydrogen-bond acceptors (Lipinski definition) is 3. The summed E-state index contributed by atoms with van der Waals surface area (Å²) >= 11 is 0. The number of methoxy groups -OCH3 is 1. The molecule has 3 nitrogen and oxygen atoms in total. The van der Waals surface area contributed by atoms with E-state index in [4.69, 9.17) is 9.47 Å². The molecule has 1 saturated heterocycles. The molecule has 1 fully saturated rings. The maximum absolute atomic E-state index is 5.96. The average molecular weight is 257 g/mol. The molecule has 0 saturated carbocycles. The van der Waals surface area contributed by atoms with Gasteiger partial charge in [0, 0.05) is 39.2 Å². The smallest absolute Gasteiger partial charge is 0.0877 e. The summed E-state index contributed by atoms with van der Waals surface area (Å²) in [5.74, 6) is 0.652. The third-order valence-corrected chi connectivity index (χ3v) is 4.24. The van der Waals surface area contributed by atoms with Gasteiger partial charge in [0.05, 0.1) is 5.60 Å². The molecule has 0 aromatic carbocycles. The molecule has 108 valence electrons. The summed E-state index contributed by atoms with van der Waals surface area (Å²) in [6, 6.07) is 0.450. The monoisotopic (exact) mass is 257 g/mol. The molecule has 1 N–H and O–H groups in total. The van der Waals surface area contributed by atoms with Crippen LogP contribution in [0.5, 0.6) is 0 Å². The summed E-state index contributed by atoms with van der Waals surface area (Å²) in [6.45, 7) is 9.57. The molecular formula is C15H31NO2. The van der Waals surface area contributed by atoms with Gasteiger partial charge in [0.2, 0.25) is 0 Å². The molecule has 0 aromatic heterocycles. The Bertz CT molecular complexity index is 215. The predicted molar refractivity (Wildman–Crippen MR) is 75.9 cm³/mol. The van der Waals surface area contributed by atoms with Crippen LogP contribution in [0.15, 0.2) is 0 Å². The zero-order valence-electron chi connectivity index (χ0n) is 12.6. The molecule has 2 unspecified atom stereocenters. The first-order chi connectivity index (χ1) is 8.70. The fourth-order valence-corrected chi connectivity index (χ4v) is 3.19. The molecule has 1 heterocycles. The van der Waals surface area contributed by atoms with Crippen molar-refractivity contribution in [3.63, 3.8) is 0 Å². The van der Waals surface area contributed by atoms with Crippen LogP contribution in [0, 0.1) is 5.92 Å². The standard InChI is InChI=1S/C15H31NO2/c1-5-7-13(3)14(16-10-6-2)15(17-4)8-11-18-12-9-15/h13-14,16H,5-12H2,1-4H3. The van der Waals surface area contributed by atoms with E-state index in [9.17, 15) is 0 Å². The van der Waals surface area contributed by atoms with E-state index in [0.717, 1.165) is 32.6 Å². The van der Waals surface area contributed by atoms with Gasteiger partial charge in [0.1, 0.15) is 0 Å². The summed E-state index contributed by atoms with van der Waals surface area (Å²) in [5, 5.41) is 3.73. The zero-order valence-corrected chi connectivity index (χ0v) is 12.6. The lowest BCUT2D eigenvalue weighted by Gasteiger charge is -2.45. The Hall–Kier alpha value is -0.120. The van der Waals surface area contributed by atoms with Crippen molar-refractivity contribution >= 4 is 0 Å². The van der Waals surface area contributed by atoms with E-state index in [1.807, 2.05) is 7.11 Å². The molecule has 0 bridgehead atoms. The van der Waals surface area contributed by atoms with Crippen LogP contribution >= 0.6 is 0 Å². The first-order valence-electron chi connectivity index (χ1n) is 7.56. The fourth-order valence-electron chi connectivity index (χ4n) is 3.19. The van der Waals surface area contributed by atoms with Gasteiger partial charge in [-0.2, -0.15) is 0 Å². The van der Waals surface area contributed by atoms with Gasteiger partial charge in [-0.25, -0.2) is 0 Å². The van der Waals surface area contributed by atoms with Crippen molar-refractivity contribution in [2.45, 2.75) is 64.5 Å². The van der Waals surface area contributed by atoms with Crippen LogP contribution in [0.2, 0.25) is 0 Å². The van der Waals surface area contributed by atoms with Crippen LogP contribution in [0.1, 0.15) is 52.9 Å². The lowest BCUT2D eigenvalue weighted by atomic mass is 9.78. The Morgan fingerprint density at radius 2 is 1.89 bits per heavy atom. The van der Waals surface area contributed by atoms with Gasteiger partial charge in [-0.1, -0.05) is 27.2 Å². The molecule has 2 atom stereocenters. The highest BCUT2D eigenvalue weighted by molar-refractivity contribution is 4.97. The summed E-state index contributed by atoms with van der Waals surface area (Å²) in [6.07, 6.45) is 5.69. The van der Waals surface area contributed by atoms with Crippen LogP contribution in [-0.2, 0) is 9.47 Å². The van der Waals surface area contributed by atoms with Crippen molar-refractivity contribution in [3.05, 3.63) is 0 Å². The van der Waals surface area contributed by atoms with E-state index in [0.29, 0.717) is 12.0 Å². The van der Waals surface area contributed by atoms with E-state index in [-0.39, 0.29) is 5.60 Å². The van der Waals surface area contributed by atoms with E-state index in [2.05, 4.69) is 26.1 Å². The molecule has 0 amide bonds. The predicted octanol–water partition coefficient (Wildman–Crippen LogP) is 2.99. The van der Waals surface area contributed by atoms with Gasteiger partial charge in [-0.3, -0.25) is 0 Å². The molecule has 0 aromatic rings. The van der Waals surface area contributed by atoms with E-state index >= 15 is 0 Å². The van der Waals surface area contributed by atoms with Crippen molar-refractivity contribution in [2.75, 3.05) is 26.9 Å². The average Bonchev–Trinajstić information content (AvgIpc) is 2.40. The van der Waals surface area contributed by atoms with Crippen molar-refractivity contribution in [2.24, 2.45) is 5.92 Å². The third kappa shape index (κ3) is 3.94. The van der Waals surface area contributed by atoms with Crippen LogP contribution < -0.4 is 5.32 Å². The number of rotatable bonds is 8. The van der Waals surface area contributed by atoms with Crippen LogP contribution in [-0.4, -0.2) is 38.5 Å². The Balaban J connectivity index is 2.76. The van der Waals surface area contributed by atoms with Crippen LogP contribution in [0.3, 0.4) is 0 Å². The summed E-state index contributed by atoms with van der Waals surface area (Å²) in [4.78, 5) is 0. The minimum atomic E-state index is -0.0258. The van der Waals surface area contributed by atoms with Crippen molar-refractivity contribution in [1.29, 1.82) is 0 Å². The molecule has 1 aliphatic rings. The second-order valence-electron chi connectivity index (χ2n) is 5.58. The lowest BCUT2D eigenvalue weighted by Crippen LogP contribution is -2.58. The summed E-state index contributed by atoms with van der Waals surface area (Å²) in [5.41, 5.74) is -0.0258. The maximum Gasteiger partial charge on any atom is 0.0877 e. The van der Waals surface area contributed by atoms with Gasteiger partial charge in [-0.05, 0) is 25.3 Å². The SMILES string of the molecule is CCCNC(C(C)CCC)C1(OC)CCOCC1. The Morgan fingerprint density at radius 3 is 2.39 bits per heavy atom. The lowest BCUT2D eigenvalue weighted by molar-refractivity contribution is -0.120. The topological polar surface area (TPSA) is 30.5 Å². The van der Waals surface area contributed by atoms with Crippen molar-refractivity contribution in [1.82, 2.24) is 5.32 Å². The van der Waals surface area contributed by atoms with E-state index in [1.54, 1.807) is 0 Å². The summed E-state index contributed by atoms with van der Waals surface area (Å²) in [7, 11) is 1.87. The molecule has 0 aliphatic carbocycles. The minimum absolute atomic E-state index is 0.0258. The molecule has 3 heteroatoms. The summed E-state index contributed by atoms with van der Waals surface area (Å²) < 4.78 is 11.5. The third-order valence-electron chi connectivity index (χ3n) is 4.24. The second kappa shape index (κ2) is 8.13. The second-order valence-corrected chi connectivity index (χ2v) is 5.58. The van der Waals surface area contributed by atoms with Gasteiger partial charge in [-0.15, -0.1) is 0 Å². The first-order valence-corrected chi connectivity index (χ1v) is 7.56. The van der Waals surface area contributed by atoms with Crippen LogP contribution in [0.4, 0.5) is 0 Å². The first kappa shape index (κ1) is 15.9. The molecule has 18 heavy (non-hydrogen) atoms. The normalized spacial score (nSPS) is 22.7. The molecule has 0 spiro atoms. The zero-order chi connectivity index (χ0) is 13.4. The van der Waals surface area contributed by atoms with Crippen LogP contribution in [0.25, 0.3) is 0 Å². The highest BCUT2D eigenvalue weighted by Crippen LogP contribution is 2.33. The van der Waals surface area contributed by atoms with Gasteiger partial charge in [0.15, 0.2) is 0 Å². The van der Waals surface area contributed by atoms with E-state index in [1.165, 1.54) is 19.3 Å². The van der Waals surface area contributed by atoms with Gasteiger partial charge in [0.25, 0.3) is 0 Å².